The van der Waals surface area contributed by atoms with Gasteiger partial charge in [0.1, 0.15) is 6.54 Å². The monoisotopic (exact) mass is 631 g/mol. The van der Waals surface area contributed by atoms with Crippen molar-refractivity contribution in [3.8, 4) is 11.1 Å². The van der Waals surface area contributed by atoms with Crippen molar-refractivity contribution in [2.75, 3.05) is 40.0 Å². The number of benzene rings is 3. The third kappa shape index (κ3) is 8.92. The molecule has 0 aliphatic carbocycles. The van der Waals surface area contributed by atoms with E-state index in [1.54, 1.807) is 14.0 Å². The molecule has 2 aliphatic rings. The number of aliphatic hydroxyl groups excluding tert-OH is 1. The van der Waals surface area contributed by atoms with Gasteiger partial charge in [0.05, 0.1) is 32.0 Å². The van der Waals surface area contributed by atoms with Gasteiger partial charge in [-0.1, -0.05) is 72.8 Å². The molecule has 4 atom stereocenters. The third-order valence-corrected chi connectivity index (χ3v) is 8.56. The first-order chi connectivity index (χ1) is 22.5. The first-order valence-electron chi connectivity index (χ1n) is 16.1. The van der Waals surface area contributed by atoms with Gasteiger partial charge in [0.2, 0.25) is 0 Å². The van der Waals surface area contributed by atoms with Gasteiger partial charge in [0.25, 0.3) is 0 Å². The van der Waals surface area contributed by atoms with E-state index in [4.69, 9.17) is 18.9 Å². The van der Waals surface area contributed by atoms with Crippen LogP contribution in [0.5, 0.6) is 0 Å². The lowest BCUT2D eigenvalue weighted by Crippen LogP contribution is -2.42. The molecule has 3 aromatic carbocycles. The molecule has 3 N–H and O–H groups in total. The van der Waals surface area contributed by atoms with E-state index in [2.05, 4.69) is 15.5 Å². The number of carbonyl (C=O) groups is 2. The summed E-state index contributed by atoms with van der Waals surface area (Å²) in [6.45, 7) is 4.66. The van der Waals surface area contributed by atoms with Crippen molar-refractivity contribution in [2.24, 2.45) is 0 Å². The van der Waals surface area contributed by atoms with Gasteiger partial charge in [0, 0.05) is 38.2 Å². The molecule has 0 spiro atoms. The van der Waals surface area contributed by atoms with Crippen LogP contribution in [0.3, 0.4) is 0 Å². The van der Waals surface area contributed by atoms with Gasteiger partial charge < -0.3 is 34.7 Å². The number of aliphatic hydroxyl groups is 1. The SMILES string of the molecule is CCOC(=O)CNC(=O)NCc1ccccc1-c1ccc([C@H]2O[C@@H](CN3CCC[C@H]3COC)C[C@@H](c3ccc(CO)cc3)O2)cc1. The molecule has 10 nitrogen and oxygen atoms in total. The maximum atomic E-state index is 12.3. The summed E-state index contributed by atoms with van der Waals surface area (Å²) in [5, 5.41) is 14.9. The molecule has 0 saturated carbocycles. The number of amides is 2. The topological polar surface area (TPSA) is 119 Å². The number of ether oxygens (including phenoxy) is 4. The molecule has 0 unspecified atom stereocenters. The average molecular weight is 632 g/mol. The second kappa shape index (κ2) is 16.7. The minimum atomic E-state index is -0.543. The van der Waals surface area contributed by atoms with Crippen LogP contribution in [0.15, 0.2) is 72.8 Å². The minimum absolute atomic E-state index is 0.00420. The number of urea groups is 1. The number of esters is 1. The smallest absolute Gasteiger partial charge is 0.325 e. The van der Waals surface area contributed by atoms with E-state index in [9.17, 15) is 14.7 Å². The highest BCUT2D eigenvalue weighted by Crippen LogP contribution is 2.39. The number of hydrogen-bond donors (Lipinski definition) is 3. The van der Waals surface area contributed by atoms with Gasteiger partial charge in [-0.3, -0.25) is 9.69 Å². The zero-order valence-corrected chi connectivity index (χ0v) is 26.7. The van der Waals surface area contributed by atoms with Crippen molar-refractivity contribution in [3.05, 3.63) is 95.1 Å². The molecule has 2 aliphatic heterocycles. The molecule has 3 aromatic rings. The summed E-state index contributed by atoms with van der Waals surface area (Å²) in [6, 6.07) is 24.0. The second-order valence-electron chi connectivity index (χ2n) is 11.7. The molecule has 2 amide bonds. The fourth-order valence-corrected chi connectivity index (χ4v) is 6.19. The predicted molar refractivity (Wildman–Crippen MR) is 174 cm³/mol. The van der Waals surface area contributed by atoms with Gasteiger partial charge >= 0.3 is 12.0 Å². The van der Waals surface area contributed by atoms with Crippen molar-refractivity contribution in [2.45, 2.75) is 63.9 Å². The Balaban J connectivity index is 1.29. The molecule has 246 valence electrons. The molecule has 0 aromatic heterocycles. The number of nitrogens with zero attached hydrogens (tertiary/aromatic N) is 1. The van der Waals surface area contributed by atoms with Gasteiger partial charge in [0.15, 0.2) is 6.29 Å². The van der Waals surface area contributed by atoms with Crippen molar-refractivity contribution in [1.82, 2.24) is 15.5 Å². The third-order valence-electron chi connectivity index (χ3n) is 8.56. The van der Waals surface area contributed by atoms with Crippen molar-refractivity contribution in [3.63, 3.8) is 0 Å². The van der Waals surface area contributed by atoms with Crippen LogP contribution < -0.4 is 10.6 Å². The number of nitrogens with one attached hydrogen (secondary N) is 2. The second-order valence-corrected chi connectivity index (χ2v) is 11.7. The number of hydrogen-bond acceptors (Lipinski definition) is 8. The first kappa shape index (κ1) is 33.6. The Bertz CT molecular complexity index is 1420. The predicted octanol–water partition coefficient (Wildman–Crippen LogP) is 4.86. The summed E-state index contributed by atoms with van der Waals surface area (Å²) < 4.78 is 23.5. The zero-order chi connectivity index (χ0) is 32.3. The van der Waals surface area contributed by atoms with E-state index in [1.165, 1.54) is 0 Å². The summed E-state index contributed by atoms with van der Waals surface area (Å²) in [5.74, 6) is -0.479. The Labute approximate surface area is 271 Å². The molecule has 5 rings (SSSR count). The molecule has 10 heteroatoms. The first-order valence-corrected chi connectivity index (χ1v) is 16.1. The van der Waals surface area contributed by atoms with Crippen LogP contribution >= 0.6 is 0 Å². The standard InChI is InChI=1S/C36H45N3O7/c1-3-44-34(41)21-38-36(42)37-20-29-7-4-5-9-32(29)26-14-16-28(17-15-26)35-45-31(22-39-18-6-8-30(39)24-43-2)19-33(46-35)27-12-10-25(23-40)11-13-27/h4-5,7,9-17,30-31,33,35,40H,3,6,8,18-24H2,1-2H3,(H2,37,38,42)/t30-,31+,33-,35-/m0/s1. The van der Waals surface area contributed by atoms with E-state index in [-0.39, 0.29) is 32.0 Å². The van der Waals surface area contributed by atoms with Crippen LogP contribution in [0.1, 0.15) is 60.8 Å². The Morgan fingerprint density at radius 3 is 2.48 bits per heavy atom. The average Bonchev–Trinajstić information content (AvgIpc) is 3.53. The zero-order valence-electron chi connectivity index (χ0n) is 26.7. The van der Waals surface area contributed by atoms with Crippen molar-refractivity contribution >= 4 is 12.0 Å². The maximum Gasteiger partial charge on any atom is 0.325 e. The van der Waals surface area contributed by atoms with Crippen LogP contribution in [0.25, 0.3) is 11.1 Å². The van der Waals surface area contributed by atoms with Crippen LogP contribution in [-0.2, 0) is 36.9 Å². The summed E-state index contributed by atoms with van der Waals surface area (Å²) in [4.78, 5) is 26.3. The summed E-state index contributed by atoms with van der Waals surface area (Å²) >= 11 is 0. The van der Waals surface area contributed by atoms with E-state index in [1.807, 2.05) is 72.8 Å². The van der Waals surface area contributed by atoms with Gasteiger partial charge in [-0.2, -0.15) is 0 Å². The highest BCUT2D eigenvalue weighted by molar-refractivity contribution is 5.81. The van der Waals surface area contributed by atoms with Crippen LogP contribution in [0, 0.1) is 0 Å². The normalized spacial score (nSPS) is 21.5. The Morgan fingerprint density at radius 2 is 1.74 bits per heavy atom. The maximum absolute atomic E-state index is 12.3. The highest BCUT2D eigenvalue weighted by atomic mass is 16.7. The molecule has 0 bridgehead atoms. The highest BCUT2D eigenvalue weighted by Gasteiger charge is 2.35. The molecule has 2 heterocycles. The van der Waals surface area contributed by atoms with Crippen molar-refractivity contribution < 1.29 is 33.6 Å². The fraction of sp³-hybridized carbons (Fsp3) is 0.444. The molecule has 2 saturated heterocycles. The van der Waals surface area contributed by atoms with Crippen LogP contribution in [0.2, 0.25) is 0 Å². The van der Waals surface area contributed by atoms with Crippen LogP contribution in [0.4, 0.5) is 4.79 Å². The Hall–Kier alpha value is -3.80. The molecule has 0 radical (unpaired) electrons. The molecular weight excluding hydrogens is 586 g/mol. The number of rotatable bonds is 13. The van der Waals surface area contributed by atoms with E-state index in [0.717, 1.165) is 72.3 Å². The van der Waals surface area contributed by atoms with Crippen molar-refractivity contribution in [1.29, 1.82) is 0 Å². The van der Waals surface area contributed by atoms with E-state index >= 15 is 0 Å². The lowest BCUT2D eigenvalue weighted by Gasteiger charge is -2.38. The number of likely N-dealkylation sites (tertiary alicyclic amines) is 1. The Morgan fingerprint density at radius 1 is 0.978 bits per heavy atom. The number of methoxy groups -OCH3 is 1. The molecule has 46 heavy (non-hydrogen) atoms. The summed E-state index contributed by atoms with van der Waals surface area (Å²) in [7, 11) is 1.76. The lowest BCUT2D eigenvalue weighted by molar-refractivity contribution is -0.253. The van der Waals surface area contributed by atoms with E-state index in [0.29, 0.717) is 12.6 Å². The van der Waals surface area contributed by atoms with E-state index < -0.39 is 18.3 Å². The largest absolute Gasteiger partial charge is 0.465 e. The fourth-order valence-electron chi connectivity index (χ4n) is 6.19. The minimum Gasteiger partial charge on any atom is -0.465 e. The molecular formula is C36H45N3O7. The van der Waals surface area contributed by atoms with Gasteiger partial charge in [-0.15, -0.1) is 0 Å². The van der Waals surface area contributed by atoms with Crippen LogP contribution in [-0.4, -0.2) is 74.1 Å². The lowest BCUT2D eigenvalue weighted by atomic mass is 9.97. The Kier molecular flexibility index (Phi) is 12.2. The summed E-state index contributed by atoms with van der Waals surface area (Å²) in [6.07, 6.45) is 2.30. The van der Waals surface area contributed by atoms with Gasteiger partial charge in [-0.05, 0) is 54.1 Å². The number of carbonyl (C=O) groups excluding carboxylic acids is 2. The quantitative estimate of drug-likeness (QED) is 0.229. The van der Waals surface area contributed by atoms with Gasteiger partial charge in [-0.25, -0.2) is 4.79 Å². The molecule has 2 fully saturated rings. The summed E-state index contributed by atoms with van der Waals surface area (Å²) in [5.41, 5.74) is 5.78.